The lowest BCUT2D eigenvalue weighted by molar-refractivity contribution is 0.277. The number of rotatable bonds is 2. The highest BCUT2D eigenvalue weighted by molar-refractivity contribution is 7.91. The van der Waals surface area contributed by atoms with Crippen LogP contribution in [-0.2, 0) is 9.84 Å². The molecule has 2 aromatic rings. The lowest BCUT2D eigenvalue weighted by atomic mass is 10.1. The summed E-state index contributed by atoms with van der Waals surface area (Å²) in [5.41, 5.74) is -0.123. The predicted octanol–water partition coefficient (Wildman–Crippen LogP) is 3.92. The Labute approximate surface area is 131 Å². The van der Waals surface area contributed by atoms with Gasteiger partial charge in [0.2, 0.25) is 0 Å². The fraction of sp³-hybridized carbons (Fsp3) is 0.200. The molecule has 3 nitrogen and oxygen atoms in total. The van der Waals surface area contributed by atoms with E-state index in [0.29, 0.717) is 11.1 Å². The fourth-order valence-corrected chi connectivity index (χ4v) is 4.43. The smallest absolute Gasteiger partial charge is 0.185 e. The van der Waals surface area contributed by atoms with Gasteiger partial charge in [-0.3, -0.25) is 0 Å². The Balaban J connectivity index is 2.13. The molecular weight excluding hydrogens is 334 g/mol. The lowest BCUT2D eigenvalue weighted by Crippen LogP contribution is -2.23. The van der Waals surface area contributed by atoms with E-state index in [2.05, 4.69) is 0 Å². The molecule has 1 aliphatic rings. The second-order valence-corrected chi connectivity index (χ2v) is 7.49. The summed E-state index contributed by atoms with van der Waals surface area (Å²) < 4.78 is 58.0. The van der Waals surface area contributed by atoms with Crippen molar-refractivity contribution in [2.75, 3.05) is 6.61 Å². The number of ether oxygens (including phenoxy) is 1. The van der Waals surface area contributed by atoms with Gasteiger partial charge in [0.25, 0.3) is 0 Å². The molecule has 22 heavy (non-hydrogen) atoms. The van der Waals surface area contributed by atoms with Gasteiger partial charge in [-0.2, -0.15) is 0 Å². The van der Waals surface area contributed by atoms with Crippen LogP contribution in [-0.4, -0.2) is 15.0 Å². The van der Waals surface area contributed by atoms with Crippen LogP contribution in [0.3, 0.4) is 0 Å². The van der Waals surface area contributed by atoms with E-state index in [4.69, 9.17) is 16.3 Å². The fourth-order valence-electron chi connectivity index (χ4n) is 2.51. The third-order valence-corrected chi connectivity index (χ3v) is 5.93. The van der Waals surface area contributed by atoms with Crippen molar-refractivity contribution in [2.45, 2.75) is 16.6 Å². The van der Waals surface area contributed by atoms with Crippen LogP contribution in [0.4, 0.5) is 8.78 Å². The monoisotopic (exact) mass is 344 g/mol. The minimum atomic E-state index is -3.83. The molecular formula is C15H11ClF2O3S. The standard InChI is InChI=1S/C15H11ClF2O3S/c16-9-1-3-11(4-2-9)22(19,20)14-5-6-21-13-8-10(17)7-12(18)15(13)14/h1-4,7-8,14H,5-6H2. The molecule has 1 unspecified atom stereocenters. The zero-order chi connectivity index (χ0) is 15.9. The highest BCUT2D eigenvalue weighted by Crippen LogP contribution is 2.42. The van der Waals surface area contributed by atoms with Crippen molar-refractivity contribution in [2.24, 2.45) is 0 Å². The first-order valence-corrected chi connectivity index (χ1v) is 8.43. The highest BCUT2D eigenvalue weighted by atomic mass is 35.5. The van der Waals surface area contributed by atoms with Gasteiger partial charge in [0.05, 0.1) is 11.5 Å². The number of hydrogen-bond acceptors (Lipinski definition) is 3. The minimum absolute atomic E-state index is 0.0403. The molecule has 0 radical (unpaired) electrons. The molecule has 116 valence electrons. The van der Waals surface area contributed by atoms with Crippen LogP contribution in [0.1, 0.15) is 17.2 Å². The van der Waals surface area contributed by atoms with Crippen molar-refractivity contribution in [1.29, 1.82) is 0 Å². The van der Waals surface area contributed by atoms with Crippen LogP contribution in [0.5, 0.6) is 5.75 Å². The van der Waals surface area contributed by atoms with Crippen molar-refractivity contribution in [3.63, 3.8) is 0 Å². The first kappa shape index (κ1) is 15.2. The molecule has 3 rings (SSSR count). The summed E-state index contributed by atoms with van der Waals surface area (Å²) in [4.78, 5) is 0.0403. The van der Waals surface area contributed by atoms with E-state index in [1.54, 1.807) is 0 Å². The van der Waals surface area contributed by atoms with Crippen molar-refractivity contribution < 1.29 is 21.9 Å². The van der Waals surface area contributed by atoms with Crippen molar-refractivity contribution in [3.8, 4) is 5.75 Å². The van der Waals surface area contributed by atoms with E-state index in [0.717, 1.165) is 6.07 Å². The second kappa shape index (κ2) is 5.52. The van der Waals surface area contributed by atoms with Crippen molar-refractivity contribution in [3.05, 3.63) is 58.6 Å². The van der Waals surface area contributed by atoms with E-state index in [1.807, 2.05) is 0 Å². The maximum Gasteiger partial charge on any atom is 0.185 e. The zero-order valence-corrected chi connectivity index (χ0v) is 12.8. The van der Waals surface area contributed by atoms with Crippen molar-refractivity contribution in [1.82, 2.24) is 0 Å². The third-order valence-electron chi connectivity index (χ3n) is 3.53. The Bertz CT molecular complexity index is 819. The first-order chi connectivity index (χ1) is 10.4. The molecule has 1 heterocycles. The van der Waals surface area contributed by atoms with Crippen LogP contribution in [0.25, 0.3) is 0 Å². The van der Waals surface area contributed by atoms with Gasteiger partial charge < -0.3 is 4.74 Å². The van der Waals surface area contributed by atoms with E-state index in [-0.39, 0.29) is 29.2 Å². The molecule has 0 aromatic heterocycles. The molecule has 0 bridgehead atoms. The van der Waals surface area contributed by atoms with Crippen LogP contribution in [0.2, 0.25) is 5.02 Å². The van der Waals surface area contributed by atoms with Gasteiger partial charge in [-0.25, -0.2) is 17.2 Å². The summed E-state index contributed by atoms with van der Waals surface area (Å²) in [6.45, 7) is 0.0768. The van der Waals surface area contributed by atoms with Gasteiger partial charge in [-0.1, -0.05) is 11.6 Å². The predicted molar refractivity (Wildman–Crippen MR) is 77.8 cm³/mol. The molecule has 2 aromatic carbocycles. The number of fused-ring (bicyclic) bond motifs is 1. The van der Waals surface area contributed by atoms with Gasteiger partial charge >= 0.3 is 0 Å². The van der Waals surface area contributed by atoms with Gasteiger partial charge in [0, 0.05) is 29.1 Å². The molecule has 0 N–H and O–H groups in total. The molecule has 1 atom stereocenters. The average Bonchev–Trinajstić information content (AvgIpc) is 2.46. The van der Waals surface area contributed by atoms with Crippen LogP contribution < -0.4 is 4.74 Å². The first-order valence-electron chi connectivity index (χ1n) is 6.51. The molecule has 0 spiro atoms. The Morgan fingerprint density at radius 2 is 1.82 bits per heavy atom. The topological polar surface area (TPSA) is 43.4 Å². The molecule has 1 aliphatic heterocycles. The molecule has 7 heteroatoms. The highest BCUT2D eigenvalue weighted by Gasteiger charge is 2.36. The zero-order valence-electron chi connectivity index (χ0n) is 11.2. The Morgan fingerprint density at radius 3 is 2.50 bits per heavy atom. The summed E-state index contributed by atoms with van der Waals surface area (Å²) in [7, 11) is -3.83. The number of halogens is 3. The van der Waals surface area contributed by atoms with Gasteiger partial charge in [0.15, 0.2) is 9.84 Å². The van der Waals surface area contributed by atoms with Crippen LogP contribution >= 0.6 is 11.6 Å². The third kappa shape index (κ3) is 2.57. The molecule has 0 fully saturated rings. The molecule has 0 saturated heterocycles. The summed E-state index contributed by atoms with van der Waals surface area (Å²) in [5.74, 6) is -1.79. The van der Waals surface area contributed by atoms with Crippen LogP contribution in [0, 0.1) is 11.6 Å². The van der Waals surface area contributed by atoms with Crippen LogP contribution in [0.15, 0.2) is 41.3 Å². The Kier molecular flexibility index (Phi) is 3.82. The summed E-state index contributed by atoms with van der Waals surface area (Å²) in [5, 5.41) is -0.711. The Hall–Kier alpha value is -1.66. The number of hydrogen-bond donors (Lipinski definition) is 0. The van der Waals surface area contributed by atoms with E-state index in [9.17, 15) is 17.2 Å². The summed E-state index contributed by atoms with van der Waals surface area (Å²) >= 11 is 5.75. The summed E-state index contributed by atoms with van der Waals surface area (Å²) in [6, 6.07) is 7.31. The van der Waals surface area contributed by atoms with E-state index in [1.165, 1.54) is 24.3 Å². The average molecular weight is 345 g/mol. The number of sulfone groups is 1. The van der Waals surface area contributed by atoms with E-state index >= 15 is 0 Å². The van der Waals surface area contributed by atoms with Gasteiger partial charge in [0.1, 0.15) is 22.6 Å². The van der Waals surface area contributed by atoms with Crippen molar-refractivity contribution >= 4 is 21.4 Å². The van der Waals surface area contributed by atoms with E-state index < -0.39 is 26.7 Å². The normalized spacial score (nSPS) is 17.7. The molecule has 0 amide bonds. The quantitative estimate of drug-likeness (QED) is 0.829. The lowest BCUT2D eigenvalue weighted by Gasteiger charge is -2.26. The van der Waals surface area contributed by atoms with Gasteiger partial charge in [-0.15, -0.1) is 0 Å². The maximum absolute atomic E-state index is 14.1. The summed E-state index contributed by atoms with van der Waals surface area (Å²) in [6.07, 6.45) is 0.0977. The molecule has 0 saturated carbocycles. The Morgan fingerprint density at radius 1 is 1.14 bits per heavy atom. The second-order valence-electron chi connectivity index (χ2n) is 4.92. The SMILES string of the molecule is O=S(=O)(c1ccc(Cl)cc1)C1CCOc2cc(F)cc(F)c21. The minimum Gasteiger partial charge on any atom is -0.493 e. The largest absolute Gasteiger partial charge is 0.493 e. The molecule has 0 aliphatic carbocycles. The number of benzene rings is 2. The van der Waals surface area contributed by atoms with Gasteiger partial charge in [-0.05, 0) is 24.3 Å². The maximum atomic E-state index is 14.1.